The molecule has 0 fully saturated rings. The molecule has 2 aliphatic rings. The summed E-state index contributed by atoms with van der Waals surface area (Å²) in [4.78, 5) is 26.3. The number of hydrogen-bond acceptors (Lipinski definition) is 8. The highest BCUT2D eigenvalue weighted by atomic mass is 15.3. The first-order valence-electron chi connectivity index (χ1n) is 21.9. The van der Waals surface area contributed by atoms with Crippen molar-refractivity contribution in [2.75, 3.05) is 24.5 Å². The summed E-state index contributed by atoms with van der Waals surface area (Å²) in [5.41, 5.74) is 12.8. The third kappa shape index (κ3) is 7.85. The SMILES string of the molecule is C1=CC(N2c3cccc(c3)N(c3ccccc3)c3cccc(c3)N(c3ccccc3)c3cccc(c3)N(c3ccccc3)c3cccc(c3)N(c3ccccc3)c3ncnc2n3)=CCC1. The van der Waals surface area contributed by atoms with Crippen molar-refractivity contribution in [2.45, 2.75) is 12.8 Å². The maximum absolute atomic E-state index is 5.34. The van der Waals surface area contributed by atoms with Crippen molar-refractivity contribution < 1.29 is 0 Å². The summed E-state index contributed by atoms with van der Waals surface area (Å²) in [5.74, 6) is 0.995. The van der Waals surface area contributed by atoms with Gasteiger partial charge in [0.25, 0.3) is 0 Å². The van der Waals surface area contributed by atoms with E-state index >= 15 is 0 Å². The van der Waals surface area contributed by atoms with Crippen LogP contribution in [0.4, 0.5) is 80.1 Å². The predicted molar refractivity (Wildman–Crippen MR) is 267 cm³/mol. The summed E-state index contributed by atoms with van der Waals surface area (Å²) in [6.07, 6.45) is 10.1. The van der Waals surface area contributed by atoms with Gasteiger partial charge in [0.1, 0.15) is 6.33 Å². The molecular formula is C57H44N8. The number of rotatable bonds is 5. The van der Waals surface area contributed by atoms with Gasteiger partial charge in [-0.3, -0.25) is 9.80 Å². The predicted octanol–water partition coefficient (Wildman–Crippen LogP) is 15.4. The van der Waals surface area contributed by atoms with E-state index in [2.05, 4.69) is 243 Å². The number of benzene rings is 8. The van der Waals surface area contributed by atoms with Crippen LogP contribution in [0.3, 0.4) is 0 Å². The molecule has 2 heterocycles. The normalized spacial score (nSPS) is 13.6. The molecule has 1 aromatic heterocycles. The molecule has 1 aliphatic carbocycles. The molecule has 1 aliphatic heterocycles. The van der Waals surface area contributed by atoms with Crippen LogP contribution in [-0.4, -0.2) is 15.0 Å². The molecule has 8 aromatic carbocycles. The molecule has 8 nitrogen and oxygen atoms in total. The van der Waals surface area contributed by atoms with Gasteiger partial charge in [0.15, 0.2) is 0 Å². The van der Waals surface area contributed by atoms with Crippen molar-refractivity contribution in [3.63, 3.8) is 0 Å². The first-order valence-corrected chi connectivity index (χ1v) is 21.9. The molecule has 0 N–H and O–H groups in total. The highest BCUT2D eigenvalue weighted by molar-refractivity contribution is 5.88. The maximum Gasteiger partial charge on any atom is 0.239 e. The molecule has 0 saturated carbocycles. The van der Waals surface area contributed by atoms with Gasteiger partial charge in [0.2, 0.25) is 11.9 Å². The Hall–Kier alpha value is -8.75. The molecule has 0 amide bonds. The van der Waals surface area contributed by atoms with E-state index in [4.69, 9.17) is 15.0 Å². The summed E-state index contributed by atoms with van der Waals surface area (Å²) >= 11 is 0. The average Bonchev–Trinajstić information content (AvgIpc) is 3.37. The van der Waals surface area contributed by atoms with E-state index in [9.17, 15) is 0 Å². The van der Waals surface area contributed by atoms with E-state index in [1.807, 2.05) is 18.2 Å². The van der Waals surface area contributed by atoms with Gasteiger partial charge in [-0.25, -0.2) is 9.97 Å². The third-order valence-corrected chi connectivity index (χ3v) is 11.6. The van der Waals surface area contributed by atoms with E-state index in [0.29, 0.717) is 11.9 Å². The number of allylic oxidation sites excluding steroid dienone is 3. The van der Waals surface area contributed by atoms with Crippen molar-refractivity contribution in [3.05, 3.63) is 249 Å². The lowest BCUT2D eigenvalue weighted by atomic mass is 10.1. The molecule has 65 heavy (non-hydrogen) atoms. The van der Waals surface area contributed by atoms with Crippen LogP contribution in [0, 0.1) is 0 Å². The molecule has 0 saturated heterocycles. The quantitative estimate of drug-likeness (QED) is 0.170. The van der Waals surface area contributed by atoms with Crippen molar-refractivity contribution in [1.82, 2.24) is 15.0 Å². The molecular weight excluding hydrogens is 797 g/mol. The van der Waals surface area contributed by atoms with Crippen molar-refractivity contribution in [3.8, 4) is 0 Å². The zero-order valence-corrected chi connectivity index (χ0v) is 35.6. The lowest BCUT2D eigenvalue weighted by Crippen LogP contribution is -2.22. The molecule has 10 bridgehead atoms. The molecule has 11 rings (SSSR count). The van der Waals surface area contributed by atoms with Crippen LogP contribution in [0.2, 0.25) is 0 Å². The van der Waals surface area contributed by atoms with Gasteiger partial charge in [-0.2, -0.15) is 4.98 Å². The highest BCUT2D eigenvalue weighted by Crippen LogP contribution is 2.45. The largest absolute Gasteiger partial charge is 0.310 e. The second kappa shape index (κ2) is 17.6. The highest BCUT2D eigenvalue weighted by Gasteiger charge is 2.25. The number of nitrogens with zero attached hydrogens (tertiary/aromatic N) is 8. The van der Waals surface area contributed by atoms with Crippen LogP contribution in [0.1, 0.15) is 12.8 Å². The molecule has 0 spiro atoms. The van der Waals surface area contributed by atoms with Crippen molar-refractivity contribution in [2.24, 2.45) is 0 Å². The number of fused-ring (bicyclic) bond motifs is 10. The van der Waals surface area contributed by atoms with Crippen LogP contribution in [0.25, 0.3) is 0 Å². The van der Waals surface area contributed by atoms with Gasteiger partial charge in [-0.05, 0) is 140 Å². The minimum absolute atomic E-state index is 0.490. The Morgan fingerprint density at radius 1 is 0.292 bits per heavy atom. The lowest BCUT2D eigenvalue weighted by Gasteiger charge is -2.32. The standard InChI is InChI=1S/C57H44N8/c1-6-20-43(21-7-1)61-48-30-16-32-50(38-48)62(44-22-8-2-9-23-44)52-34-18-36-54(40-52)64(46-26-12-4-13-27-46)56-58-42-59-57(60-56)65(47-28-14-5-15-29-47)55-37-19-35-53(41-55)63(45-24-10-3-11-25-45)51-33-17-31-49(61)39-51/h1-4,6-14,16-42H,5,15H2. The van der Waals surface area contributed by atoms with Crippen molar-refractivity contribution in [1.29, 1.82) is 0 Å². The number of para-hydroxylation sites is 4. The van der Waals surface area contributed by atoms with Gasteiger partial charge < -0.3 is 14.7 Å². The number of hydrogen-bond donors (Lipinski definition) is 0. The Morgan fingerprint density at radius 3 is 0.954 bits per heavy atom. The van der Waals surface area contributed by atoms with Gasteiger partial charge in [-0.15, -0.1) is 0 Å². The second-order valence-corrected chi connectivity index (χ2v) is 15.8. The van der Waals surface area contributed by atoms with Crippen LogP contribution >= 0.6 is 0 Å². The second-order valence-electron chi connectivity index (χ2n) is 15.8. The van der Waals surface area contributed by atoms with E-state index < -0.39 is 0 Å². The summed E-state index contributed by atoms with van der Waals surface area (Å²) < 4.78 is 0. The van der Waals surface area contributed by atoms with Crippen molar-refractivity contribution >= 4 is 80.1 Å². The number of aromatic nitrogens is 3. The first-order chi connectivity index (χ1) is 32.2. The van der Waals surface area contributed by atoms with Gasteiger partial charge in [-0.1, -0.05) is 109 Å². The molecule has 0 atom stereocenters. The number of anilines is 14. The Morgan fingerprint density at radius 2 is 0.600 bits per heavy atom. The smallest absolute Gasteiger partial charge is 0.239 e. The zero-order chi connectivity index (χ0) is 43.4. The van der Waals surface area contributed by atoms with Crippen LogP contribution in [0.15, 0.2) is 249 Å². The Labute approximate surface area is 379 Å². The molecule has 312 valence electrons. The van der Waals surface area contributed by atoms with Gasteiger partial charge >= 0.3 is 0 Å². The van der Waals surface area contributed by atoms with Crippen LogP contribution < -0.4 is 24.5 Å². The third-order valence-electron chi connectivity index (χ3n) is 11.6. The topological polar surface area (TPSA) is 54.9 Å². The summed E-state index contributed by atoms with van der Waals surface area (Å²) in [6, 6.07) is 76.7. The van der Waals surface area contributed by atoms with Crippen LogP contribution in [0.5, 0.6) is 0 Å². The van der Waals surface area contributed by atoms with Gasteiger partial charge in [0, 0.05) is 62.6 Å². The fourth-order valence-corrected chi connectivity index (χ4v) is 8.75. The average molecular weight is 841 g/mol. The lowest BCUT2D eigenvalue weighted by molar-refractivity contribution is 0.944. The summed E-state index contributed by atoms with van der Waals surface area (Å²) in [5, 5.41) is 0. The molecule has 9 aromatic rings. The maximum atomic E-state index is 5.34. The fourth-order valence-electron chi connectivity index (χ4n) is 8.75. The molecule has 8 heteroatoms. The Kier molecular flexibility index (Phi) is 10.6. The monoisotopic (exact) mass is 840 g/mol. The van der Waals surface area contributed by atoms with E-state index in [-0.39, 0.29) is 0 Å². The van der Waals surface area contributed by atoms with E-state index in [1.165, 1.54) is 0 Å². The first kappa shape index (κ1) is 39.1. The summed E-state index contributed by atoms with van der Waals surface area (Å²) in [7, 11) is 0. The van der Waals surface area contributed by atoms with E-state index in [1.54, 1.807) is 6.33 Å². The fraction of sp³-hybridized carbons (Fsp3) is 0.0351. The van der Waals surface area contributed by atoms with Gasteiger partial charge in [0.05, 0.1) is 11.4 Å². The minimum atomic E-state index is 0.490. The molecule has 0 radical (unpaired) electrons. The molecule has 0 unspecified atom stereocenters. The Balaban J connectivity index is 1.20. The minimum Gasteiger partial charge on any atom is -0.310 e. The van der Waals surface area contributed by atoms with E-state index in [0.717, 1.165) is 86.8 Å². The summed E-state index contributed by atoms with van der Waals surface area (Å²) in [6.45, 7) is 0. The zero-order valence-electron chi connectivity index (χ0n) is 35.6. The van der Waals surface area contributed by atoms with Crippen LogP contribution in [-0.2, 0) is 0 Å². The Bertz CT molecular complexity index is 2950.